The molecule has 2 aromatic heterocycles. The minimum absolute atomic E-state index is 0.0364. The van der Waals surface area contributed by atoms with Gasteiger partial charge in [0, 0.05) is 30.6 Å². The highest BCUT2D eigenvalue weighted by atomic mass is 19.2. The summed E-state index contributed by atoms with van der Waals surface area (Å²) in [6.07, 6.45) is 2.48. The van der Waals surface area contributed by atoms with E-state index in [0.717, 1.165) is 16.7 Å². The predicted molar refractivity (Wildman–Crippen MR) is 118 cm³/mol. The van der Waals surface area contributed by atoms with Crippen molar-refractivity contribution >= 4 is 5.97 Å². The summed E-state index contributed by atoms with van der Waals surface area (Å²) in [6, 6.07) is 6.59. The van der Waals surface area contributed by atoms with Crippen LogP contribution in [0, 0.1) is 17.6 Å². The van der Waals surface area contributed by atoms with Crippen molar-refractivity contribution in [3.63, 3.8) is 0 Å². The Bertz CT molecular complexity index is 1370. The number of benzene rings is 1. The zero-order valence-corrected chi connectivity index (χ0v) is 18.7. The van der Waals surface area contributed by atoms with Gasteiger partial charge in [-0.1, -0.05) is 6.07 Å². The molecular formula is C24H23F2N3O5. The van der Waals surface area contributed by atoms with Gasteiger partial charge in [-0.3, -0.25) is 14.2 Å². The average molecular weight is 471 g/mol. The van der Waals surface area contributed by atoms with Crippen molar-refractivity contribution < 1.29 is 23.0 Å². The Morgan fingerprint density at radius 1 is 1.15 bits per heavy atom. The van der Waals surface area contributed by atoms with E-state index < -0.39 is 34.8 Å². The molecular weight excluding hydrogens is 448 g/mol. The number of ether oxygens (including phenoxy) is 2. The fraction of sp³-hybridized carbons (Fsp3) is 0.333. The number of pyridine rings is 1. The lowest BCUT2D eigenvalue weighted by molar-refractivity contribution is -0.150. The number of hydrogen-bond acceptors (Lipinski definition) is 6. The van der Waals surface area contributed by atoms with E-state index in [0.29, 0.717) is 35.5 Å². The molecule has 0 fully saturated rings. The van der Waals surface area contributed by atoms with Gasteiger partial charge in [-0.05, 0) is 48.6 Å². The first-order valence-corrected chi connectivity index (χ1v) is 10.7. The first-order chi connectivity index (χ1) is 16.3. The molecule has 8 nitrogen and oxygen atoms in total. The van der Waals surface area contributed by atoms with E-state index in [4.69, 9.17) is 9.47 Å². The Morgan fingerprint density at radius 3 is 2.68 bits per heavy atom. The Morgan fingerprint density at radius 2 is 1.94 bits per heavy atom. The fourth-order valence-corrected chi connectivity index (χ4v) is 4.14. The number of nitrogens with zero attached hydrogens (tertiary/aromatic N) is 3. The highest BCUT2D eigenvalue weighted by molar-refractivity contribution is 5.73. The van der Waals surface area contributed by atoms with Crippen LogP contribution in [0.15, 0.2) is 46.1 Å². The summed E-state index contributed by atoms with van der Waals surface area (Å²) in [7, 11) is 3.04. The molecule has 0 bridgehead atoms. The first-order valence-electron chi connectivity index (χ1n) is 10.7. The van der Waals surface area contributed by atoms with Gasteiger partial charge in [0.15, 0.2) is 11.6 Å². The van der Waals surface area contributed by atoms with Crippen LogP contribution in [0.2, 0.25) is 0 Å². The number of fused-ring (bicyclic) bond motifs is 1. The fourth-order valence-electron chi connectivity index (χ4n) is 4.14. The number of rotatable bonds is 6. The quantitative estimate of drug-likeness (QED) is 0.512. The third kappa shape index (κ3) is 4.61. The van der Waals surface area contributed by atoms with Crippen molar-refractivity contribution in [1.29, 1.82) is 0 Å². The van der Waals surface area contributed by atoms with Crippen LogP contribution in [0.25, 0.3) is 0 Å². The molecule has 0 aliphatic heterocycles. The van der Waals surface area contributed by atoms with Crippen molar-refractivity contribution in [3.8, 4) is 5.88 Å². The lowest BCUT2D eigenvalue weighted by atomic mass is 9.87. The van der Waals surface area contributed by atoms with Gasteiger partial charge < -0.3 is 14.0 Å². The van der Waals surface area contributed by atoms with E-state index in [9.17, 15) is 23.2 Å². The minimum Gasteiger partial charge on any atom is -0.481 e. The second-order valence-corrected chi connectivity index (χ2v) is 8.16. The van der Waals surface area contributed by atoms with Gasteiger partial charge in [-0.25, -0.2) is 18.6 Å². The van der Waals surface area contributed by atoms with Crippen LogP contribution in [0.3, 0.4) is 0 Å². The third-order valence-corrected chi connectivity index (χ3v) is 6.00. The Hall–Kier alpha value is -3.82. The summed E-state index contributed by atoms with van der Waals surface area (Å²) >= 11 is 0. The van der Waals surface area contributed by atoms with E-state index in [1.165, 1.54) is 17.7 Å². The van der Waals surface area contributed by atoms with Crippen LogP contribution in [0.5, 0.6) is 5.88 Å². The summed E-state index contributed by atoms with van der Waals surface area (Å²) in [6.45, 7) is -0.177. The van der Waals surface area contributed by atoms with E-state index in [1.54, 1.807) is 25.4 Å². The molecule has 2 heterocycles. The Labute approximate surface area is 193 Å². The lowest BCUT2D eigenvalue weighted by Crippen LogP contribution is -2.45. The van der Waals surface area contributed by atoms with Crippen LogP contribution >= 0.6 is 0 Å². The number of carbonyl (C=O) groups is 1. The maximum atomic E-state index is 13.6. The molecule has 0 spiro atoms. The summed E-state index contributed by atoms with van der Waals surface area (Å²) in [5.41, 5.74) is 0.813. The van der Waals surface area contributed by atoms with E-state index >= 15 is 0 Å². The zero-order chi connectivity index (χ0) is 24.4. The minimum atomic E-state index is -1.06. The van der Waals surface area contributed by atoms with Gasteiger partial charge >= 0.3 is 11.7 Å². The van der Waals surface area contributed by atoms with Crippen molar-refractivity contribution in [2.75, 3.05) is 7.11 Å². The number of aromatic nitrogens is 3. The number of halogens is 2. The first kappa shape index (κ1) is 23.3. The van der Waals surface area contributed by atoms with Crippen molar-refractivity contribution in [3.05, 3.63) is 91.4 Å². The van der Waals surface area contributed by atoms with E-state index in [1.807, 2.05) is 0 Å². The highest BCUT2D eigenvalue weighted by Crippen LogP contribution is 2.24. The van der Waals surface area contributed by atoms with Crippen LogP contribution in [0.4, 0.5) is 8.78 Å². The van der Waals surface area contributed by atoms with Crippen molar-refractivity contribution in [2.24, 2.45) is 13.0 Å². The number of methoxy groups -OCH3 is 1. The molecule has 178 valence electrons. The number of esters is 1. The standard InChI is InChI=1S/C24H23F2N3O5/c1-28-20-6-4-16(23(31)34-13-15-7-8-27-21(10-15)33-2)11-17(20)22(30)29(24(28)32)12-14-3-5-18(25)19(26)9-14/h3,5,7-10,16H,4,6,11-13H2,1-2H3. The molecule has 0 amide bonds. The molecule has 1 unspecified atom stereocenters. The van der Waals surface area contributed by atoms with Crippen molar-refractivity contribution in [2.45, 2.75) is 32.4 Å². The smallest absolute Gasteiger partial charge is 0.331 e. The molecule has 3 aromatic rings. The zero-order valence-electron chi connectivity index (χ0n) is 18.7. The van der Waals surface area contributed by atoms with Gasteiger partial charge in [0.05, 0.1) is 19.6 Å². The summed E-state index contributed by atoms with van der Waals surface area (Å²) in [5.74, 6) is -2.65. The maximum Gasteiger partial charge on any atom is 0.331 e. The molecule has 1 aromatic carbocycles. The topological polar surface area (TPSA) is 92.4 Å². The van der Waals surface area contributed by atoms with Crippen LogP contribution in [-0.4, -0.2) is 27.2 Å². The van der Waals surface area contributed by atoms with Gasteiger partial charge in [0.25, 0.3) is 5.56 Å². The summed E-state index contributed by atoms with van der Waals surface area (Å²) in [5, 5.41) is 0. The molecule has 0 saturated heterocycles. The maximum absolute atomic E-state index is 13.6. The molecule has 10 heteroatoms. The molecule has 1 aliphatic carbocycles. The molecule has 1 atom stereocenters. The number of hydrogen-bond donors (Lipinski definition) is 0. The van der Waals surface area contributed by atoms with Gasteiger partial charge in [-0.2, -0.15) is 0 Å². The average Bonchev–Trinajstić information content (AvgIpc) is 2.85. The molecule has 0 saturated carbocycles. The van der Waals surface area contributed by atoms with Gasteiger partial charge in [0.1, 0.15) is 6.61 Å². The van der Waals surface area contributed by atoms with Crippen LogP contribution in [-0.2, 0) is 42.6 Å². The SMILES string of the molecule is COc1cc(COC(=O)C2CCc3c(c(=O)n(Cc4ccc(F)c(F)c4)c(=O)n3C)C2)ccn1. The van der Waals surface area contributed by atoms with Gasteiger partial charge in [0.2, 0.25) is 5.88 Å². The molecule has 4 rings (SSSR count). The normalized spacial score (nSPS) is 15.0. The molecule has 0 N–H and O–H groups in total. The van der Waals surface area contributed by atoms with E-state index in [2.05, 4.69) is 4.98 Å². The van der Waals surface area contributed by atoms with Crippen molar-refractivity contribution in [1.82, 2.24) is 14.1 Å². The molecule has 1 aliphatic rings. The largest absolute Gasteiger partial charge is 0.481 e. The Kier molecular flexibility index (Phi) is 6.58. The lowest BCUT2D eigenvalue weighted by Gasteiger charge is -2.25. The summed E-state index contributed by atoms with van der Waals surface area (Å²) in [4.78, 5) is 42.7. The number of carbonyl (C=O) groups excluding carboxylic acids is 1. The molecule has 34 heavy (non-hydrogen) atoms. The predicted octanol–water partition coefficient (Wildman–Crippen LogP) is 2.13. The van der Waals surface area contributed by atoms with E-state index in [-0.39, 0.29) is 25.1 Å². The summed E-state index contributed by atoms with van der Waals surface area (Å²) < 4.78 is 39.7. The Balaban J connectivity index is 1.55. The second kappa shape index (κ2) is 9.58. The molecule has 0 radical (unpaired) electrons. The van der Waals surface area contributed by atoms with Crippen LogP contribution < -0.4 is 16.0 Å². The van der Waals surface area contributed by atoms with Crippen LogP contribution in [0.1, 0.15) is 28.8 Å². The van der Waals surface area contributed by atoms with Gasteiger partial charge in [-0.15, -0.1) is 0 Å². The second-order valence-electron chi connectivity index (χ2n) is 8.16. The monoisotopic (exact) mass is 471 g/mol. The highest BCUT2D eigenvalue weighted by Gasteiger charge is 2.30. The third-order valence-electron chi connectivity index (χ3n) is 6.00.